The Balaban J connectivity index is 1.49. The third-order valence-electron chi connectivity index (χ3n) is 5.49. The first-order chi connectivity index (χ1) is 14.0. The molecule has 3 rings (SSSR count). The number of nitrogens with zero attached hydrogens (tertiary/aromatic N) is 1. The Hall–Kier alpha value is -2.33. The minimum absolute atomic E-state index is 0.0383. The fourth-order valence-corrected chi connectivity index (χ4v) is 3.85. The molecule has 0 radical (unpaired) electrons. The van der Waals surface area contributed by atoms with Gasteiger partial charge in [0.05, 0.1) is 0 Å². The zero-order valence-corrected chi connectivity index (χ0v) is 18.0. The zero-order chi connectivity index (χ0) is 20.6. The number of amides is 1. The molecule has 29 heavy (non-hydrogen) atoms. The molecular formula is C25H34N2O2. The Morgan fingerprint density at radius 3 is 2.59 bits per heavy atom. The minimum Gasteiger partial charge on any atom is -0.483 e. The van der Waals surface area contributed by atoms with E-state index >= 15 is 0 Å². The van der Waals surface area contributed by atoms with Crippen molar-refractivity contribution in [1.82, 2.24) is 10.2 Å². The van der Waals surface area contributed by atoms with Gasteiger partial charge >= 0.3 is 0 Å². The highest BCUT2D eigenvalue weighted by atomic mass is 16.5. The lowest BCUT2D eigenvalue weighted by molar-refractivity contribution is -0.123. The first-order valence-electron chi connectivity index (χ1n) is 10.8. The van der Waals surface area contributed by atoms with Crippen LogP contribution in [-0.2, 0) is 17.9 Å². The normalized spacial score (nSPS) is 14.8. The number of piperidine rings is 1. The minimum atomic E-state index is -0.0948. The van der Waals surface area contributed by atoms with Crippen molar-refractivity contribution in [2.24, 2.45) is 0 Å². The first-order valence-corrected chi connectivity index (χ1v) is 10.8. The molecule has 0 aromatic heterocycles. The molecule has 1 saturated heterocycles. The lowest BCUT2D eigenvalue weighted by atomic mass is 10.0. The third-order valence-corrected chi connectivity index (χ3v) is 5.49. The average Bonchev–Trinajstić information content (AvgIpc) is 2.71. The van der Waals surface area contributed by atoms with E-state index in [0.717, 1.165) is 29.0 Å². The lowest BCUT2D eigenvalue weighted by Gasteiger charge is -2.26. The molecule has 0 atom stereocenters. The Kier molecular flexibility index (Phi) is 7.70. The summed E-state index contributed by atoms with van der Waals surface area (Å²) in [5, 5.41) is 2.99. The summed E-state index contributed by atoms with van der Waals surface area (Å²) < 4.78 is 5.84. The molecule has 2 aromatic rings. The van der Waals surface area contributed by atoms with Gasteiger partial charge < -0.3 is 10.1 Å². The summed E-state index contributed by atoms with van der Waals surface area (Å²) in [6, 6.07) is 14.7. The van der Waals surface area contributed by atoms with Gasteiger partial charge in [-0.05, 0) is 67.1 Å². The van der Waals surface area contributed by atoms with Crippen molar-refractivity contribution < 1.29 is 9.53 Å². The van der Waals surface area contributed by atoms with Crippen molar-refractivity contribution in [3.05, 3.63) is 64.7 Å². The van der Waals surface area contributed by atoms with E-state index < -0.39 is 0 Å². The van der Waals surface area contributed by atoms with E-state index in [0.29, 0.717) is 12.5 Å². The van der Waals surface area contributed by atoms with Crippen LogP contribution in [0.1, 0.15) is 61.3 Å². The number of hydrogen-bond acceptors (Lipinski definition) is 3. The van der Waals surface area contributed by atoms with E-state index in [9.17, 15) is 4.79 Å². The largest absolute Gasteiger partial charge is 0.483 e. The van der Waals surface area contributed by atoms with E-state index in [1.807, 2.05) is 13.0 Å². The third kappa shape index (κ3) is 6.60. The highest BCUT2D eigenvalue weighted by molar-refractivity contribution is 5.77. The number of rotatable bonds is 8. The SMILES string of the molecule is Cc1ccc(C(C)C)c(OCC(=O)NCc2cccc(CN3CCCCC3)c2)c1. The molecule has 1 fully saturated rings. The van der Waals surface area contributed by atoms with Crippen LogP contribution >= 0.6 is 0 Å². The Labute approximate surface area is 175 Å². The average molecular weight is 395 g/mol. The van der Waals surface area contributed by atoms with Crippen molar-refractivity contribution in [3.63, 3.8) is 0 Å². The molecule has 156 valence electrons. The predicted molar refractivity (Wildman–Crippen MR) is 118 cm³/mol. The van der Waals surface area contributed by atoms with Crippen LogP contribution in [0.3, 0.4) is 0 Å². The highest BCUT2D eigenvalue weighted by Gasteiger charge is 2.12. The van der Waals surface area contributed by atoms with Crippen molar-refractivity contribution >= 4 is 5.91 Å². The summed E-state index contributed by atoms with van der Waals surface area (Å²) in [4.78, 5) is 14.8. The second-order valence-electron chi connectivity index (χ2n) is 8.42. The molecule has 0 bridgehead atoms. The van der Waals surface area contributed by atoms with Crippen LogP contribution in [-0.4, -0.2) is 30.5 Å². The Bertz CT molecular complexity index is 810. The standard InChI is InChI=1S/C25H34N2O2/c1-19(2)23-11-10-20(3)14-24(23)29-18-25(28)26-16-21-8-7-9-22(15-21)17-27-12-5-4-6-13-27/h7-11,14-15,19H,4-6,12-13,16-18H2,1-3H3,(H,26,28). The number of carbonyl (C=O) groups is 1. The summed E-state index contributed by atoms with van der Waals surface area (Å²) in [7, 11) is 0. The highest BCUT2D eigenvalue weighted by Crippen LogP contribution is 2.27. The molecule has 0 spiro atoms. The van der Waals surface area contributed by atoms with Gasteiger partial charge in [-0.2, -0.15) is 0 Å². The van der Waals surface area contributed by atoms with E-state index in [1.54, 1.807) is 0 Å². The molecule has 1 amide bonds. The van der Waals surface area contributed by atoms with Gasteiger partial charge in [-0.15, -0.1) is 0 Å². The number of ether oxygens (including phenoxy) is 1. The molecule has 1 heterocycles. The van der Waals surface area contributed by atoms with Crippen LogP contribution in [0, 0.1) is 6.92 Å². The number of nitrogens with one attached hydrogen (secondary N) is 1. The maximum atomic E-state index is 12.3. The van der Waals surface area contributed by atoms with Gasteiger partial charge in [-0.3, -0.25) is 9.69 Å². The Morgan fingerprint density at radius 1 is 1.07 bits per heavy atom. The molecule has 0 saturated carbocycles. The molecule has 1 aliphatic rings. The number of likely N-dealkylation sites (tertiary alicyclic amines) is 1. The topological polar surface area (TPSA) is 41.6 Å². The van der Waals surface area contributed by atoms with E-state index in [1.165, 1.54) is 37.9 Å². The van der Waals surface area contributed by atoms with Crippen LogP contribution < -0.4 is 10.1 Å². The lowest BCUT2D eigenvalue weighted by Crippen LogP contribution is -2.29. The number of aryl methyl sites for hydroxylation is 1. The monoisotopic (exact) mass is 394 g/mol. The number of benzene rings is 2. The van der Waals surface area contributed by atoms with E-state index in [-0.39, 0.29) is 12.5 Å². The fourth-order valence-electron chi connectivity index (χ4n) is 3.85. The summed E-state index contributed by atoms with van der Waals surface area (Å²) in [5.74, 6) is 1.07. The first kappa shape index (κ1) is 21.4. The summed E-state index contributed by atoms with van der Waals surface area (Å²) in [6.07, 6.45) is 3.95. The zero-order valence-electron chi connectivity index (χ0n) is 18.0. The van der Waals surface area contributed by atoms with Gasteiger partial charge in [0.2, 0.25) is 0 Å². The number of hydrogen-bond donors (Lipinski definition) is 1. The van der Waals surface area contributed by atoms with Crippen LogP contribution in [0.4, 0.5) is 0 Å². The fraction of sp³-hybridized carbons (Fsp3) is 0.480. The van der Waals surface area contributed by atoms with E-state index in [4.69, 9.17) is 4.74 Å². The van der Waals surface area contributed by atoms with Crippen LogP contribution in [0.15, 0.2) is 42.5 Å². The Morgan fingerprint density at radius 2 is 1.83 bits per heavy atom. The van der Waals surface area contributed by atoms with Crippen LogP contribution in [0.2, 0.25) is 0 Å². The van der Waals surface area contributed by atoms with Gasteiger partial charge in [0.1, 0.15) is 5.75 Å². The molecule has 4 heteroatoms. The molecule has 1 aliphatic heterocycles. The van der Waals surface area contributed by atoms with Crippen LogP contribution in [0.25, 0.3) is 0 Å². The van der Waals surface area contributed by atoms with Gasteiger partial charge in [-0.25, -0.2) is 0 Å². The molecule has 1 N–H and O–H groups in total. The van der Waals surface area contributed by atoms with Crippen molar-refractivity contribution in [2.75, 3.05) is 19.7 Å². The quantitative estimate of drug-likeness (QED) is 0.699. The molecule has 2 aromatic carbocycles. The van der Waals surface area contributed by atoms with Gasteiger partial charge in [0.15, 0.2) is 6.61 Å². The van der Waals surface area contributed by atoms with Crippen molar-refractivity contribution in [3.8, 4) is 5.75 Å². The summed E-state index contributed by atoms with van der Waals surface area (Å²) in [5.41, 5.74) is 4.71. The van der Waals surface area contributed by atoms with Crippen molar-refractivity contribution in [2.45, 2.75) is 59.0 Å². The van der Waals surface area contributed by atoms with Crippen molar-refractivity contribution in [1.29, 1.82) is 0 Å². The second-order valence-corrected chi connectivity index (χ2v) is 8.42. The van der Waals surface area contributed by atoms with Gasteiger partial charge in [-0.1, -0.05) is 56.7 Å². The maximum Gasteiger partial charge on any atom is 0.258 e. The maximum absolute atomic E-state index is 12.3. The summed E-state index contributed by atoms with van der Waals surface area (Å²) >= 11 is 0. The van der Waals surface area contributed by atoms with Gasteiger partial charge in [0.25, 0.3) is 5.91 Å². The smallest absolute Gasteiger partial charge is 0.258 e. The molecule has 0 aliphatic carbocycles. The van der Waals surface area contributed by atoms with Crippen LogP contribution in [0.5, 0.6) is 5.75 Å². The summed E-state index contributed by atoms with van der Waals surface area (Å²) in [6.45, 7) is 10.2. The molecule has 4 nitrogen and oxygen atoms in total. The molecule has 0 unspecified atom stereocenters. The number of carbonyl (C=O) groups excluding carboxylic acids is 1. The van der Waals surface area contributed by atoms with Gasteiger partial charge in [0, 0.05) is 13.1 Å². The predicted octanol–water partition coefficient (Wildman–Crippen LogP) is 4.80. The molecular weight excluding hydrogens is 360 g/mol. The second kappa shape index (κ2) is 10.4. The van der Waals surface area contributed by atoms with E-state index in [2.05, 4.69) is 60.5 Å².